The predicted octanol–water partition coefficient (Wildman–Crippen LogP) is 0.493. The van der Waals surface area contributed by atoms with E-state index >= 15 is 0 Å². The minimum absolute atomic E-state index is 0.0912. The molecular weight excluding hydrogens is 206 g/mol. The lowest BCUT2D eigenvalue weighted by molar-refractivity contribution is -0.118. The molecular formula is C11H17N3O2. The summed E-state index contributed by atoms with van der Waals surface area (Å²) >= 11 is 0. The van der Waals surface area contributed by atoms with Crippen molar-refractivity contribution in [1.82, 2.24) is 14.5 Å². The van der Waals surface area contributed by atoms with Crippen molar-refractivity contribution in [3.8, 4) is 0 Å². The quantitative estimate of drug-likeness (QED) is 0.704. The third-order valence-electron chi connectivity index (χ3n) is 2.10. The van der Waals surface area contributed by atoms with Gasteiger partial charge in [-0.3, -0.25) is 14.5 Å². The van der Waals surface area contributed by atoms with Crippen LogP contribution in [0.2, 0.25) is 0 Å². The van der Waals surface area contributed by atoms with E-state index in [0.717, 1.165) is 5.82 Å². The Morgan fingerprint density at radius 2 is 2.06 bits per heavy atom. The van der Waals surface area contributed by atoms with Crippen molar-refractivity contribution >= 4 is 11.6 Å². The fourth-order valence-corrected chi connectivity index (χ4v) is 1.55. The topological polar surface area (TPSA) is 55.2 Å². The van der Waals surface area contributed by atoms with Gasteiger partial charge in [0.25, 0.3) is 0 Å². The molecule has 0 N–H and O–H groups in total. The summed E-state index contributed by atoms with van der Waals surface area (Å²) < 4.78 is 1.80. The molecule has 5 nitrogen and oxygen atoms in total. The van der Waals surface area contributed by atoms with Crippen LogP contribution in [0.15, 0.2) is 12.4 Å². The minimum atomic E-state index is 0.0912. The van der Waals surface area contributed by atoms with Gasteiger partial charge in [-0.2, -0.15) is 0 Å². The summed E-state index contributed by atoms with van der Waals surface area (Å²) in [6.07, 6.45) is 3.44. The Morgan fingerprint density at radius 1 is 1.38 bits per heavy atom. The van der Waals surface area contributed by atoms with Gasteiger partial charge in [-0.1, -0.05) is 0 Å². The zero-order chi connectivity index (χ0) is 12.1. The summed E-state index contributed by atoms with van der Waals surface area (Å²) in [7, 11) is 1.86. The molecule has 0 aliphatic carbocycles. The Kier molecular flexibility index (Phi) is 4.37. The summed E-state index contributed by atoms with van der Waals surface area (Å²) in [5.74, 6) is 1.01. The highest BCUT2D eigenvalue weighted by Gasteiger charge is 2.08. The molecule has 0 spiro atoms. The zero-order valence-corrected chi connectivity index (χ0v) is 9.93. The number of likely N-dealkylation sites (N-methyl/N-ethyl adjacent to an activating group) is 1. The van der Waals surface area contributed by atoms with Gasteiger partial charge in [0.1, 0.15) is 17.4 Å². The van der Waals surface area contributed by atoms with E-state index in [4.69, 9.17) is 0 Å². The number of nitrogens with zero attached hydrogens (tertiary/aromatic N) is 3. The highest BCUT2D eigenvalue weighted by Crippen LogP contribution is 2.01. The molecule has 0 amide bonds. The van der Waals surface area contributed by atoms with Gasteiger partial charge >= 0.3 is 0 Å². The third-order valence-corrected chi connectivity index (χ3v) is 2.10. The number of rotatable bonds is 6. The number of imidazole rings is 1. The first-order valence-electron chi connectivity index (χ1n) is 5.16. The molecule has 1 rings (SSSR count). The van der Waals surface area contributed by atoms with E-state index < -0.39 is 0 Å². The lowest BCUT2D eigenvalue weighted by Gasteiger charge is -2.15. The van der Waals surface area contributed by atoms with E-state index in [0.29, 0.717) is 19.6 Å². The van der Waals surface area contributed by atoms with Gasteiger partial charge in [0.15, 0.2) is 0 Å². The molecule has 0 saturated heterocycles. The average Bonchev–Trinajstić information content (AvgIpc) is 2.50. The van der Waals surface area contributed by atoms with Gasteiger partial charge in [-0.25, -0.2) is 4.98 Å². The second-order valence-electron chi connectivity index (χ2n) is 4.05. The maximum Gasteiger partial charge on any atom is 0.149 e. The largest absolute Gasteiger partial charge is 0.326 e. The van der Waals surface area contributed by atoms with E-state index in [2.05, 4.69) is 4.98 Å². The van der Waals surface area contributed by atoms with Crippen LogP contribution in [-0.2, 0) is 22.7 Å². The lowest BCUT2D eigenvalue weighted by atomic mass is 10.4. The van der Waals surface area contributed by atoms with Crippen LogP contribution in [0.4, 0.5) is 0 Å². The molecule has 0 fully saturated rings. The first-order chi connectivity index (χ1) is 7.49. The second kappa shape index (κ2) is 5.55. The van der Waals surface area contributed by atoms with Crippen LogP contribution in [0, 0.1) is 0 Å². The number of carbonyl (C=O) groups is 2. The molecule has 0 aliphatic heterocycles. The Hall–Kier alpha value is -1.49. The van der Waals surface area contributed by atoms with Crippen LogP contribution in [0.5, 0.6) is 0 Å². The van der Waals surface area contributed by atoms with Crippen LogP contribution < -0.4 is 0 Å². The summed E-state index contributed by atoms with van der Waals surface area (Å²) in [5, 5.41) is 0. The number of aromatic nitrogens is 2. The van der Waals surface area contributed by atoms with Crippen molar-refractivity contribution in [1.29, 1.82) is 0 Å². The summed E-state index contributed by atoms with van der Waals surface area (Å²) in [4.78, 5) is 28.0. The Bertz CT molecular complexity index is 384. The number of hydrogen-bond acceptors (Lipinski definition) is 4. The van der Waals surface area contributed by atoms with E-state index in [1.54, 1.807) is 30.8 Å². The van der Waals surface area contributed by atoms with Crippen LogP contribution >= 0.6 is 0 Å². The van der Waals surface area contributed by atoms with E-state index in [1.807, 2.05) is 11.9 Å². The van der Waals surface area contributed by atoms with Crippen LogP contribution in [0.25, 0.3) is 0 Å². The average molecular weight is 223 g/mol. The molecule has 1 aromatic heterocycles. The maximum absolute atomic E-state index is 11.0. The highest BCUT2D eigenvalue weighted by molar-refractivity contribution is 5.77. The first kappa shape index (κ1) is 12.6. The van der Waals surface area contributed by atoms with Gasteiger partial charge < -0.3 is 4.57 Å². The lowest BCUT2D eigenvalue weighted by Crippen LogP contribution is -2.26. The van der Waals surface area contributed by atoms with Gasteiger partial charge in [0, 0.05) is 12.4 Å². The number of carbonyl (C=O) groups excluding carboxylic acids is 2. The third kappa shape index (κ3) is 3.94. The smallest absolute Gasteiger partial charge is 0.149 e. The summed E-state index contributed by atoms with van der Waals surface area (Å²) in [6, 6.07) is 0. The Balaban J connectivity index is 2.62. The molecule has 16 heavy (non-hydrogen) atoms. The number of ketones is 2. The molecule has 0 radical (unpaired) electrons. The molecule has 0 aliphatic rings. The van der Waals surface area contributed by atoms with Crippen LogP contribution in [-0.4, -0.2) is 39.6 Å². The molecule has 5 heteroatoms. The van der Waals surface area contributed by atoms with Crippen molar-refractivity contribution in [2.75, 3.05) is 13.6 Å². The zero-order valence-electron chi connectivity index (χ0n) is 9.93. The minimum Gasteiger partial charge on any atom is -0.326 e. The second-order valence-corrected chi connectivity index (χ2v) is 4.05. The summed E-state index contributed by atoms with van der Waals surface area (Å²) in [6.45, 7) is 4.40. The van der Waals surface area contributed by atoms with Crippen LogP contribution in [0.3, 0.4) is 0 Å². The van der Waals surface area contributed by atoms with Gasteiger partial charge in [0.05, 0.1) is 19.6 Å². The van der Waals surface area contributed by atoms with Crippen molar-refractivity contribution in [3.05, 3.63) is 18.2 Å². The van der Waals surface area contributed by atoms with Crippen LogP contribution in [0.1, 0.15) is 19.7 Å². The summed E-state index contributed by atoms with van der Waals surface area (Å²) in [5.41, 5.74) is 0. The molecule has 0 bridgehead atoms. The highest BCUT2D eigenvalue weighted by atomic mass is 16.1. The number of hydrogen-bond donors (Lipinski definition) is 0. The standard InChI is InChI=1S/C11H17N3O2/c1-9(15)6-13(3)8-11-12-4-5-14(11)7-10(2)16/h4-5H,6-8H2,1-3H3. The van der Waals surface area contributed by atoms with E-state index in [-0.39, 0.29) is 11.6 Å². The molecule has 1 aromatic rings. The molecule has 0 atom stereocenters. The molecule has 0 unspecified atom stereocenters. The van der Waals surface area contributed by atoms with Crippen molar-refractivity contribution < 1.29 is 9.59 Å². The van der Waals surface area contributed by atoms with Crippen molar-refractivity contribution in [3.63, 3.8) is 0 Å². The fourth-order valence-electron chi connectivity index (χ4n) is 1.55. The van der Waals surface area contributed by atoms with Gasteiger partial charge in [-0.15, -0.1) is 0 Å². The Labute approximate surface area is 95.1 Å². The first-order valence-corrected chi connectivity index (χ1v) is 5.16. The van der Waals surface area contributed by atoms with E-state index in [9.17, 15) is 9.59 Å². The molecule has 0 aromatic carbocycles. The fraction of sp³-hybridized carbons (Fsp3) is 0.545. The number of Topliss-reactive ketones (excluding diaryl/α,β-unsaturated/α-hetero) is 2. The van der Waals surface area contributed by atoms with Crippen molar-refractivity contribution in [2.45, 2.75) is 26.9 Å². The molecule has 1 heterocycles. The molecule has 0 saturated carbocycles. The normalized spacial score (nSPS) is 10.8. The SMILES string of the molecule is CC(=O)CN(C)Cc1nccn1CC(C)=O. The van der Waals surface area contributed by atoms with E-state index in [1.165, 1.54) is 0 Å². The molecule has 88 valence electrons. The predicted molar refractivity (Wildman–Crippen MR) is 59.9 cm³/mol. The van der Waals surface area contributed by atoms with Crippen molar-refractivity contribution in [2.24, 2.45) is 0 Å². The van der Waals surface area contributed by atoms with Gasteiger partial charge in [0.2, 0.25) is 0 Å². The monoisotopic (exact) mass is 223 g/mol. The van der Waals surface area contributed by atoms with Gasteiger partial charge in [-0.05, 0) is 20.9 Å². The Morgan fingerprint density at radius 3 is 2.62 bits per heavy atom. The maximum atomic E-state index is 11.0.